The van der Waals surface area contributed by atoms with Crippen LogP contribution in [0.1, 0.15) is 20.8 Å². The Morgan fingerprint density at radius 3 is 1.78 bits per heavy atom. The zero-order valence-corrected chi connectivity index (χ0v) is 6.18. The van der Waals surface area contributed by atoms with Crippen LogP contribution in [0.2, 0.25) is 0 Å². The van der Waals surface area contributed by atoms with Crippen LogP contribution < -0.4 is 0 Å². The summed E-state index contributed by atoms with van der Waals surface area (Å²) in [6.07, 6.45) is 1.82. The first-order valence-corrected chi connectivity index (χ1v) is 2.94. The molecule has 2 N–H and O–H groups in total. The predicted octanol–water partition coefficient (Wildman–Crippen LogP) is 0.974. The molecule has 0 bridgehead atoms. The summed E-state index contributed by atoms with van der Waals surface area (Å²) in [6, 6.07) is 0. The molecule has 2 heteroatoms. The molecular formula is C7H14O2. The Kier molecular flexibility index (Phi) is 12.8. The van der Waals surface area contributed by atoms with E-state index in [2.05, 4.69) is 5.92 Å². The molecule has 0 aliphatic carbocycles. The fourth-order valence-corrected chi connectivity index (χ4v) is 0.129. The first-order valence-electron chi connectivity index (χ1n) is 2.94. The van der Waals surface area contributed by atoms with Crippen LogP contribution in [0.15, 0.2) is 0 Å². The van der Waals surface area contributed by atoms with Crippen molar-refractivity contribution >= 4 is 0 Å². The van der Waals surface area contributed by atoms with E-state index >= 15 is 0 Å². The minimum atomic E-state index is 0.250. The van der Waals surface area contributed by atoms with Gasteiger partial charge in [-0.2, -0.15) is 0 Å². The van der Waals surface area contributed by atoms with Crippen LogP contribution in [-0.4, -0.2) is 16.8 Å². The van der Waals surface area contributed by atoms with E-state index in [4.69, 9.17) is 10.2 Å². The summed E-state index contributed by atoms with van der Waals surface area (Å²) >= 11 is 0. The van der Waals surface area contributed by atoms with Gasteiger partial charge in [0, 0.05) is 12.5 Å². The summed E-state index contributed by atoms with van der Waals surface area (Å²) in [7, 11) is 0. The van der Waals surface area contributed by atoms with Crippen molar-refractivity contribution in [3.8, 4) is 12.0 Å². The number of hydrogen-bond donors (Lipinski definition) is 2. The van der Waals surface area contributed by atoms with Gasteiger partial charge in [0.1, 0.15) is 6.11 Å². The van der Waals surface area contributed by atoms with E-state index in [1.54, 1.807) is 6.92 Å². The predicted molar refractivity (Wildman–Crippen MR) is 37.3 cm³/mol. The van der Waals surface area contributed by atoms with E-state index in [1.165, 1.54) is 0 Å². The molecule has 0 fully saturated rings. The Balaban J connectivity index is 0. The van der Waals surface area contributed by atoms with Crippen LogP contribution in [0.4, 0.5) is 0 Å². The van der Waals surface area contributed by atoms with Crippen molar-refractivity contribution in [1.29, 1.82) is 0 Å². The molecule has 0 aliphatic rings. The van der Waals surface area contributed by atoms with E-state index in [0.717, 1.165) is 0 Å². The topological polar surface area (TPSA) is 40.5 Å². The minimum Gasteiger partial charge on any atom is -0.462 e. The zero-order valence-electron chi connectivity index (χ0n) is 6.18. The summed E-state index contributed by atoms with van der Waals surface area (Å²) in [6.45, 7) is 5.77. The minimum absolute atomic E-state index is 0.250. The lowest BCUT2D eigenvalue weighted by Gasteiger charge is -1.80. The quantitative estimate of drug-likeness (QED) is 0.480. The number of aliphatic hydroxyl groups is 2. The van der Waals surface area contributed by atoms with Crippen LogP contribution >= 0.6 is 0 Å². The van der Waals surface area contributed by atoms with Crippen molar-refractivity contribution in [2.75, 3.05) is 6.61 Å². The second-order valence-electron chi connectivity index (χ2n) is 1.73. The Labute approximate surface area is 56.5 Å². The third kappa shape index (κ3) is 38.5. The average molecular weight is 130 g/mol. The first kappa shape index (κ1) is 11.2. The summed E-state index contributed by atoms with van der Waals surface area (Å²) < 4.78 is 0. The Bertz CT molecular complexity index is 86.8. The average Bonchev–Trinajstić information content (AvgIpc) is 1.67. The van der Waals surface area contributed by atoms with Gasteiger partial charge in [0.05, 0.1) is 0 Å². The Hall–Kier alpha value is -0.680. The van der Waals surface area contributed by atoms with E-state index in [9.17, 15) is 0 Å². The molecule has 0 amide bonds. The third-order valence-corrected chi connectivity index (χ3v) is 0.353. The van der Waals surface area contributed by atoms with E-state index in [0.29, 0.717) is 0 Å². The summed E-state index contributed by atoms with van der Waals surface area (Å²) in [5.74, 6) is 2.80. The van der Waals surface area contributed by atoms with Gasteiger partial charge in [-0.1, -0.05) is 19.8 Å². The normalized spacial score (nSPS) is 6.78. The molecule has 0 heterocycles. The second-order valence-corrected chi connectivity index (χ2v) is 1.73. The van der Waals surface area contributed by atoms with Gasteiger partial charge < -0.3 is 10.2 Å². The molecule has 2 nitrogen and oxygen atoms in total. The fraction of sp³-hybridized carbons (Fsp3) is 0.714. The molecule has 0 rings (SSSR count). The summed E-state index contributed by atoms with van der Waals surface area (Å²) in [5.41, 5.74) is 0. The molecule has 0 unspecified atom stereocenters. The molecule has 0 saturated heterocycles. The lowest BCUT2D eigenvalue weighted by molar-refractivity contribution is 0.318. The fourth-order valence-electron chi connectivity index (χ4n) is 0.129. The van der Waals surface area contributed by atoms with Crippen LogP contribution in [0, 0.1) is 17.9 Å². The van der Waals surface area contributed by atoms with Crippen LogP contribution in [0.3, 0.4) is 0 Å². The van der Waals surface area contributed by atoms with Crippen LogP contribution in [0.25, 0.3) is 0 Å². The number of aliphatic hydroxyl groups excluding tert-OH is 2. The van der Waals surface area contributed by atoms with Gasteiger partial charge in [-0.05, 0) is 6.92 Å². The van der Waals surface area contributed by atoms with E-state index < -0.39 is 0 Å². The molecule has 0 saturated carbocycles. The molecule has 0 aromatic heterocycles. The van der Waals surface area contributed by atoms with Crippen molar-refractivity contribution < 1.29 is 10.2 Å². The maximum atomic E-state index is 7.88. The first-order chi connectivity index (χ1) is 4.18. The molecule has 0 aromatic rings. The Morgan fingerprint density at radius 2 is 1.78 bits per heavy atom. The lowest BCUT2D eigenvalue weighted by atomic mass is 10.2. The van der Waals surface area contributed by atoms with Crippen LogP contribution in [-0.2, 0) is 0 Å². The number of rotatable bonds is 0. The van der Waals surface area contributed by atoms with Gasteiger partial charge in [-0.15, -0.1) is 0 Å². The molecule has 0 aromatic carbocycles. The SMILES string of the molecule is CC(C)C#CO.CCO. The zero-order chi connectivity index (χ0) is 7.70. The third-order valence-electron chi connectivity index (χ3n) is 0.353. The van der Waals surface area contributed by atoms with Crippen molar-refractivity contribution in [2.45, 2.75) is 20.8 Å². The monoisotopic (exact) mass is 130 g/mol. The second kappa shape index (κ2) is 10.3. The van der Waals surface area contributed by atoms with E-state index in [-0.39, 0.29) is 12.5 Å². The highest BCUT2D eigenvalue weighted by Gasteiger charge is 1.77. The van der Waals surface area contributed by atoms with Gasteiger partial charge in [0.2, 0.25) is 0 Å². The Morgan fingerprint density at radius 1 is 1.44 bits per heavy atom. The molecule has 0 spiro atoms. The highest BCUT2D eigenvalue weighted by atomic mass is 16.2. The van der Waals surface area contributed by atoms with Crippen molar-refractivity contribution in [3.05, 3.63) is 0 Å². The summed E-state index contributed by atoms with van der Waals surface area (Å²) in [4.78, 5) is 0. The molecule has 0 atom stereocenters. The summed E-state index contributed by atoms with van der Waals surface area (Å²) in [5, 5.41) is 15.4. The number of hydrogen-bond acceptors (Lipinski definition) is 2. The van der Waals surface area contributed by atoms with Gasteiger partial charge >= 0.3 is 0 Å². The standard InChI is InChI=1S/C5H8O.C2H6O/c1-5(2)3-4-6;1-2-3/h5-6H,1-2H3;3H,2H2,1H3. The van der Waals surface area contributed by atoms with Gasteiger partial charge in [-0.25, -0.2) is 0 Å². The van der Waals surface area contributed by atoms with Crippen molar-refractivity contribution in [3.63, 3.8) is 0 Å². The smallest absolute Gasteiger partial charge is 0.107 e. The van der Waals surface area contributed by atoms with Gasteiger partial charge in [-0.3, -0.25) is 0 Å². The van der Waals surface area contributed by atoms with Gasteiger partial charge in [0.15, 0.2) is 0 Å². The largest absolute Gasteiger partial charge is 0.462 e. The highest BCUT2D eigenvalue weighted by Crippen LogP contribution is 1.83. The molecular weight excluding hydrogens is 116 g/mol. The van der Waals surface area contributed by atoms with Crippen molar-refractivity contribution in [1.82, 2.24) is 0 Å². The van der Waals surface area contributed by atoms with Crippen molar-refractivity contribution in [2.24, 2.45) is 5.92 Å². The maximum Gasteiger partial charge on any atom is 0.107 e. The van der Waals surface area contributed by atoms with E-state index in [1.807, 2.05) is 20.0 Å². The highest BCUT2D eigenvalue weighted by molar-refractivity contribution is 4.92. The van der Waals surface area contributed by atoms with Gasteiger partial charge in [0.25, 0.3) is 0 Å². The maximum absolute atomic E-state index is 7.88. The van der Waals surface area contributed by atoms with Crippen LogP contribution in [0.5, 0.6) is 0 Å². The molecule has 0 aliphatic heterocycles. The molecule has 9 heavy (non-hydrogen) atoms. The lowest BCUT2D eigenvalue weighted by Crippen LogP contribution is -1.75. The molecule has 0 radical (unpaired) electrons. The molecule has 54 valence electrons.